The van der Waals surface area contributed by atoms with Crippen molar-refractivity contribution in [3.05, 3.63) is 21.9 Å². The molecule has 0 saturated heterocycles. The van der Waals surface area contributed by atoms with Crippen LogP contribution >= 0.6 is 11.3 Å². The predicted octanol–water partition coefficient (Wildman–Crippen LogP) is 3.33. The molecule has 0 saturated carbocycles. The summed E-state index contributed by atoms with van der Waals surface area (Å²) in [5.41, 5.74) is 2.09. The molecule has 1 atom stereocenters. The predicted molar refractivity (Wildman–Crippen MR) is 69.2 cm³/mol. The highest BCUT2D eigenvalue weighted by molar-refractivity contribution is 7.85. The molecule has 0 aliphatic carbocycles. The largest absolute Gasteiger partial charge is 0.234 e. The van der Waals surface area contributed by atoms with Gasteiger partial charge in [0.15, 0.2) is 0 Å². The molecule has 0 amide bonds. The van der Waals surface area contributed by atoms with Gasteiger partial charge in [0.1, 0.15) is 11.0 Å². The Morgan fingerprint density at radius 3 is 2.47 bits per heavy atom. The average molecular weight is 243 g/mol. The maximum atomic E-state index is 11.8. The van der Waals surface area contributed by atoms with E-state index in [0.717, 1.165) is 10.6 Å². The second-order valence-electron chi connectivity index (χ2n) is 4.53. The summed E-state index contributed by atoms with van der Waals surface area (Å²) in [7, 11) is -1.16. The second kappa shape index (κ2) is 4.58. The number of nitrogens with zero attached hydrogens (tertiary/aromatic N) is 1. The van der Waals surface area contributed by atoms with Crippen molar-refractivity contribution in [1.82, 2.24) is 0 Å². The minimum atomic E-state index is -1.16. The van der Waals surface area contributed by atoms with Crippen LogP contribution in [-0.4, -0.2) is 14.7 Å². The molecule has 0 aliphatic heterocycles. The van der Waals surface area contributed by atoms with E-state index in [1.807, 2.05) is 34.6 Å². The lowest BCUT2D eigenvalue weighted by Gasteiger charge is -2.13. The molecule has 84 valence electrons. The first-order chi connectivity index (χ1) is 6.80. The van der Waals surface area contributed by atoms with Crippen molar-refractivity contribution < 1.29 is 4.21 Å². The van der Waals surface area contributed by atoms with E-state index in [2.05, 4.69) is 15.8 Å². The SMILES string of the molecule is CC(=NS(=O)C(C)(C)C)c1cc(C)cs1. The molecule has 4 heteroatoms. The maximum Gasteiger partial charge on any atom is 0.145 e. The van der Waals surface area contributed by atoms with Crippen LogP contribution in [0.15, 0.2) is 15.8 Å². The quantitative estimate of drug-likeness (QED) is 0.733. The molecule has 0 N–H and O–H groups in total. The topological polar surface area (TPSA) is 29.4 Å². The normalized spacial score (nSPS) is 15.4. The van der Waals surface area contributed by atoms with Gasteiger partial charge in [0, 0.05) is 4.88 Å². The fraction of sp³-hybridized carbons (Fsp3) is 0.545. The van der Waals surface area contributed by atoms with Gasteiger partial charge in [-0.1, -0.05) is 0 Å². The summed E-state index contributed by atoms with van der Waals surface area (Å²) in [6.07, 6.45) is 0. The Morgan fingerprint density at radius 2 is 2.07 bits per heavy atom. The Balaban J connectivity index is 2.90. The highest BCUT2D eigenvalue weighted by Gasteiger charge is 2.19. The second-order valence-corrected chi connectivity index (χ2v) is 7.34. The van der Waals surface area contributed by atoms with Crippen LogP contribution < -0.4 is 0 Å². The summed E-state index contributed by atoms with van der Waals surface area (Å²) in [5, 5.41) is 2.08. The highest BCUT2D eigenvalue weighted by Crippen LogP contribution is 2.18. The van der Waals surface area contributed by atoms with E-state index in [1.54, 1.807) is 11.3 Å². The number of aryl methyl sites for hydroxylation is 1. The zero-order valence-corrected chi connectivity index (χ0v) is 11.5. The van der Waals surface area contributed by atoms with Gasteiger partial charge in [0.2, 0.25) is 0 Å². The van der Waals surface area contributed by atoms with Gasteiger partial charge < -0.3 is 0 Å². The van der Waals surface area contributed by atoms with Crippen LogP contribution in [0.3, 0.4) is 0 Å². The van der Waals surface area contributed by atoms with Crippen LogP contribution in [0, 0.1) is 6.92 Å². The molecule has 0 spiro atoms. The number of hydrogen-bond donors (Lipinski definition) is 0. The van der Waals surface area contributed by atoms with Crippen LogP contribution in [0.1, 0.15) is 38.1 Å². The smallest absolute Gasteiger partial charge is 0.145 e. The van der Waals surface area contributed by atoms with E-state index in [9.17, 15) is 4.21 Å². The van der Waals surface area contributed by atoms with Gasteiger partial charge >= 0.3 is 0 Å². The summed E-state index contributed by atoms with van der Waals surface area (Å²) >= 11 is 1.65. The van der Waals surface area contributed by atoms with Crippen LogP contribution in [0.2, 0.25) is 0 Å². The molecule has 0 radical (unpaired) electrons. The van der Waals surface area contributed by atoms with E-state index in [0.29, 0.717) is 0 Å². The third kappa shape index (κ3) is 3.54. The number of rotatable bonds is 2. The van der Waals surface area contributed by atoms with Crippen LogP contribution in [0.25, 0.3) is 0 Å². The minimum absolute atomic E-state index is 0.284. The van der Waals surface area contributed by atoms with Crippen LogP contribution in [0.4, 0.5) is 0 Å². The molecule has 15 heavy (non-hydrogen) atoms. The van der Waals surface area contributed by atoms with Gasteiger partial charge in [-0.05, 0) is 51.6 Å². The molecule has 0 aromatic carbocycles. The van der Waals surface area contributed by atoms with E-state index in [-0.39, 0.29) is 4.75 Å². The van der Waals surface area contributed by atoms with Crippen molar-refractivity contribution in [3.8, 4) is 0 Å². The van der Waals surface area contributed by atoms with Crippen LogP contribution in [0.5, 0.6) is 0 Å². The molecule has 2 nitrogen and oxygen atoms in total. The Kier molecular flexibility index (Phi) is 3.84. The molecular weight excluding hydrogens is 226 g/mol. The molecule has 1 rings (SSSR count). The Morgan fingerprint density at radius 1 is 1.47 bits per heavy atom. The minimum Gasteiger partial charge on any atom is -0.234 e. The first-order valence-electron chi connectivity index (χ1n) is 4.83. The summed E-state index contributed by atoms with van der Waals surface area (Å²) in [6, 6.07) is 2.07. The van der Waals surface area contributed by atoms with Crippen molar-refractivity contribution in [2.75, 3.05) is 0 Å². The van der Waals surface area contributed by atoms with Gasteiger partial charge in [-0.3, -0.25) is 0 Å². The molecule has 1 unspecified atom stereocenters. The third-order valence-electron chi connectivity index (χ3n) is 1.83. The molecule has 1 aromatic heterocycles. The lowest BCUT2D eigenvalue weighted by atomic mass is 10.3. The zero-order valence-electron chi connectivity index (χ0n) is 9.83. The van der Waals surface area contributed by atoms with E-state index in [1.165, 1.54) is 5.56 Å². The Bertz CT molecular complexity index is 399. The fourth-order valence-electron chi connectivity index (χ4n) is 0.927. The van der Waals surface area contributed by atoms with E-state index >= 15 is 0 Å². The van der Waals surface area contributed by atoms with Crippen molar-refractivity contribution in [1.29, 1.82) is 0 Å². The van der Waals surface area contributed by atoms with Gasteiger partial charge in [0.25, 0.3) is 0 Å². The summed E-state index contributed by atoms with van der Waals surface area (Å²) in [4.78, 5) is 1.10. The van der Waals surface area contributed by atoms with Crippen molar-refractivity contribution in [2.45, 2.75) is 39.4 Å². The van der Waals surface area contributed by atoms with Gasteiger partial charge in [-0.25, -0.2) is 4.21 Å². The van der Waals surface area contributed by atoms with Crippen molar-refractivity contribution >= 4 is 28.0 Å². The summed E-state index contributed by atoms with van der Waals surface area (Å²) in [6.45, 7) is 9.75. The standard InChI is InChI=1S/C11H17NOS2/c1-8-6-10(14-7-8)9(2)12-15(13)11(3,4)5/h6-7H,1-5H3. The maximum absolute atomic E-state index is 11.8. The van der Waals surface area contributed by atoms with E-state index in [4.69, 9.17) is 0 Å². The van der Waals surface area contributed by atoms with Gasteiger partial charge in [-0.15, -0.1) is 11.3 Å². The Hall–Kier alpha value is -0.480. The molecule has 1 aromatic rings. The lowest BCUT2D eigenvalue weighted by molar-refractivity contribution is 0.650. The average Bonchev–Trinajstić information content (AvgIpc) is 2.50. The first-order valence-corrected chi connectivity index (χ1v) is 6.82. The highest BCUT2D eigenvalue weighted by atomic mass is 32.2. The molecule has 0 bridgehead atoms. The van der Waals surface area contributed by atoms with Gasteiger partial charge in [-0.2, -0.15) is 4.40 Å². The molecular formula is C11H17NOS2. The zero-order chi connectivity index (χ0) is 11.6. The number of thiophene rings is 1. The molecule has 0 fully saturated rings. The first kappa shape index (κ1) is 12.6. The monoisotopic (exact) mass is 243 g/mol. The molecule has 0 aliphatic rings. The van der Waals surface area contributed by atoms with Crippen molar-refractivity contribution in [2.24, 2.45) is 4.40 Å². The summed E-state index contributed by atoms with van der Waals surface area (Å²) in [5.74, 6) is 0. The molecule has 1 heterocycles. The van der Waals surface area contributed by atoms with E-state index < -0.39 is 11.0 Å². The number of hydrogen-bond acceptors (Lipinski definition) is 2. The lowest BCUT2D eigenvalue weighted by Crippen LogP contribution is -2.20. The van der Waals surface area contributed by atoms with Crippen molar-refractivity contribution in [3.63, 3.8) is 0 Å². The summed E-state index contributed by atoms with van der Waals surface area (Å²) < 4.78 is 15.7. The van der Waals surface area contributed by atoms with Crippen LogP contribution in [-0.2, 0) is 11.0 Å². The fourth-order valence-corrected chi connectivity index (χ4v) is 2.46. The Labute approximate surface area is 98.0 Å². The van der Waals surface area contributed by atoms with Gasteiger partial charge in [0.05, 0.1) is 10.5 Å². The third-order valence-corrected chi connectivity index (χ3v) is 4.48.